The van der Waals surface area contributed by atoms with E-state index in [1.54, 1.807) is 12.1 Å². The van der Waals surface area contributed by atoms with Crippen LogP contribution in [0.25, 0.3) is 0 Å². The van der Waals surface area contributed by atoms with E-state index >= 15 is 0 Å². The summed E-state index contributed by atoms with van der Waals surface area (Å²) in [6, 6.07) is 12.9. The minimum Gasteiger partial charge on any atom is -0.503 e. The highest BCUT2D eigenvalue weighted by Crippen LogP contribution is 2.46. The number of Topliss-reactive ketones (excluding diaryl/α,β-unsaturated/α-hetero) is 1. The Morgan fingerprint density at radius 3 is 2.70 bits per heavy atom. The van der Waals surface area contributed by atoms with E-state index in [1.165, 1.54) is 0 Å². The second-order valence-corrected chi connectivity index (χ2v) is 8.96. The summed E-state index contributed by atoms with van der Waals surface area (Å²) >= 11 is 3.39. The Labute approximate surface area is 201 Å². The van der Waals surface area contributed by atoms with Gasteiger partial charge in [-0.1, -0.05) is 30.3 Å². The van der Waals surface area contributed by atoms with Gasteiger partial charge in [0.1, 0.15) is 6.61 Å². The average Bonchev–Trinajstić information content (AvgIpc) is 2.80. The summed E-state index contributed by atoms with van der Waals surface area (Å²) in [5, 5.41) is 13.7. The Morgan fingerprint density at radius 1 is 1.21 bits per heavy atom. The molecule has 0 saturated heterocycles. The first-order valence-electron chi connectivity index (χ1n) is 11.0. The Balaban J connectivity index is 1.78. The van der Waals surface area contributed by atoms with Gasteiger partial charge in [0.2, 0.25) is 0 Å². The highest BCUT2D eigenvalue weighted by molar-refractivity contribution is 9.10. The quantitative estimate of drug-likeness (QED) is 0.514. The maximum absolute atomic E-state index is 13.4. The molecule has 2 aromatic carbocycles. The summed E-state index contributed by atoms with van der Waals surface area (Å²) in [6.07, 6.45) is 1.93. The summed E-state index contributed by atoms with van der Waals surface area (Å²) in [7, 11) is 0. The van der Waals surface area contributed by atoms with Crippen LogP contribution in [0, 0.1) is 0 Å². The summed E-state index contributed by atoms with van der Waals surface area (Å²) in [6.45, 7) is 4.15. The van der Waals surface area contributed by atoms with Gasteiger partial charge in [0.25, 0.3) is 0 Å². The maximum Gasteiger partial charge on any atom is 0.337 e. The van der Waals surface area contributed by atoms with Crippen molar-refractivity contribution in [1.82, 2.24) is 5.32 Å². The van der Waals surface area contributed by atoms with Crippen LogP contribution in [-0.4, -0.2) is 23.5 Å². The lowest BCUT2D eigenvalue weighted by atomic mass is 9.75. The molecule has 1 aliphatic carbocycles. The first kappa shape index (κ1) is 23.1. The second kappa shape index (κ2) is 9.83. The molecule has 4 rings (SSSR count). The topological polar surface area (TPSA) is 84.9 Å². The molecule has 0 unspecified atom stereocenters. The largest absolute Gasteiger partial charge is 0.503 e. The molecule has 0 radical (unpaired) electrons. The van der Waals surface area contributed by atoms with Crippen molar-refractivity contribution >= 4 is 27.7 Å². The number of nitrogens with one attached hydrogen (secondary N) is 1. The number of esters is 1. The van der Waals surface area contributed by atoms with Gasteiger partial charge in [-0.05, 0) is 65.9 Å². The maximum atomic E-state index is 13.4. The molecule has 1 atom stereocenters. The molecule has 0 amide bonds. The summed E-state index contributed by atoms with van der Waals surface area (Å²) in [5.74, 6) is -0.820. The minimum atomic E-state index is -0.617. The van der Waals surface area contributed by atoms with Gasteiger partial charge in [-0.3, -0.25) is 4.79 Å². The molecule has 0 bridgehead atoms. The van der Waals surface area contributed by atoms with Gasteiger partial charge in [0.05, 0.1) is 16.7 Å². The van der Waals surface area contributed by atoms with Crippen LogP contribution >= 0.6 is 15.9 Å². The number of carbonyl (C=O) groups excluding carboxylic acids is 2. The van der Waals surface area contributed by atoms with Crippen LogP contribution in [-0.2, 0) is 20.9 Å². The normalized spacial score (nSPS) is 18.0. The van der Waals surface area contributed by atoms with Crippen molar-refractivity contribution in [1.29, 1.82) is 0 Å². The predicted octanol–water partition coefficient (Wildman–Crippen LogP) is 5.26. The number of ether oxygens (including phenoxy) is 2. The Bertz CT molecular complexity index is 1150. The van der Waals surface area contributed by atoms with Crippen LogP contribution < -0.4 is 10.1 Å². The fourth-order valence-electron chi connectivity index (χ4n) is 4.41. The third-order valence-corrected chi connectivity index (χ3v) is 6.50. The lowest BCUT2D eigenvalue weighted by molar-refractivity contribution is -0.140. The number of aromatic hydroxyl groups is 1. The van der Waals surface area contributed by atoms with Crippen molar-refractivity contribution in [2.45, 2.75) is 45.6 Å². The second-order valence-electron chi connectivity index (χ2n) is 8.11. The molecule has 2 aromatic rings. The first-order valence-corrected chi connectivity index (χ1v) is 11.8. The van der Waals surface area contributed by atoms with Gasteiger partial charge >= 0.3 is 5.97 Å². The standard InChI is InChI=1S/C26H26BrNO5/c1-3-32-21-13-17(12-18(27)25(21)30)23-22(26(31)33-14-16-8-5-4-6-9-16)15(2)28-19-10-7-11-20(29)24(19)23/h4-6,8-9,12-13,23,28,30H,3,7,10-11,14H2,1-2H3/t23-/m1/s1. The number of benzene rings is 2. The van der Waals surface area contributed by atoms with E-state index in [0.717, 1.165) is 24.1 Å². The van der Waals surface area contributed by atoms with Crippen LogP contribution in [0.1, 0.15) is 50.2 Å². The first-order chi connectivity index (χ1) is 15.9. The number of halogens is 1. The zero-order valence-corrected chi connectivity index (χ0v) is 20.2. The van der Waals surface area contributed by atoms with Crippen molar-refractivity contribution in [3.63, 3.8) is 0 Å². The van der Waals surface area contributed by atoms with Gasteiger partial charge in [0.15, 0.2) is 17.3 Å². The molecular formula is C26H26BrNO5. The Morgan fingerprint density at radius 2 is 1.97 bits per heavy atom. The molecule has 6 nitrogen and oxygen atoms in total. The third kappa shape index (κ3) is 4.69. The smallest absolute Gasteiger partial charge is 0.337 e. The lowest BCUT2D eigenvalue weighted by Gasteiger charge is -2.34. The van der Waals surface area contributed by atoms with Gasteiger partial charge < -0.3 is 19.9 Å². The highest BCUT2D eigenvalue weighted by atomic mass is 79.9. The van der Waals surface area contributed by atoms with Gasteiger partial charge in [-0.15, -0.1) is 0 Å². The van der Waals surface area contributed by atoms with Crippen LogP contribution in [0.2, 0.25) is 0 Å². The van der Waals surface area contributed by atoms with Crippen LogP contribution in [0.5, 0.6) is 11.5 Å². The number of hydrogen-bond acceptors (Lipinski definition) is 6. The molecule has 0 fully saturated rings. The molecule has 0 saturated carbocycles. The molecule has 0 spiro atoms. The molecule has 2 aliphatic rings. The molecule has 33 heavy (non-hydrogen) atoms. The third-order valence-electron chi connectivity index (χ3n) is 5.89. The van der Waals surface area contributed by atoms with Crippen LogP contribution in [0.4, 0.5) is 0 Å². The number of rotatable bonds is 6. The number of allylic oxidation sites excluding steroid dienone is 3. The lowest BCUT2D eigenvalue weighted by Crippen LogP contribution is -2.34. The zero-order valence-electron chi connectivity index (χ0n) is 18.6. The predicted molar refractivity (Wildman–Crippen MR) is 128 cm³/mol. The zero-order chi connectivity index (χ0) is 23.5. The van der Waals surface area contributed by atoms with Crippen LogP contribution in [0.3, 0.4) is 0 Å². The summed E-state index contributed by atoms with van der Waals surface area (Å²) in [4.78, 5) is 26.4. The van der Waals surface area contributed by atoms with Gasteiger partial charge in [0, 0.05) is 29.3 Å². The monoisotopic (exact) mass is 511 g/mol. The summed E-state index contributed by atoms with van der Waals surface area (Å²) < 4.78 is 11.7. The molecule has 2 N–H and O–H groups in total. The van der Waals surface area contributed by atoms with E-state index < -0.39 is 11.9 Å². The van der Waals surface area contributed by atoms with E-state index in [-0.39, 0.29) is 18.1 Å². The minimum absolute atomic E-state index is 0.0109. The SMILES string of the molecule is CCOc1cc([C@@H]2C(C(=O)OCc3ccccc3)=C(C)NC3=C2C(=O)CCC3)cc(Br)c1O. The fourth-order valence-corrected chi connectivity index (χ4v) is 4.87. The van der Waals surface area contributed by atoms with Crippen molar-refractivity contribution in [2.24, 2.45) is 0 Å². The van der Waals surface area contributed by atoms with Crippen molar-refractivity contribution in [2.75, 3.05) is 6.61 Å². The fraction of sp³-hybridized carbons (Fsp3) is 0.308. The van der Waals surface area contributed by atoms with E-state index in [1.807, 2.05) is 44.2 Å². The molecule has 172 valence electrons. The Kier molecular flexibility index (Phi) is 6.88. The summed E-state index contributed by atoms with van der Waals surface area (Å²) in [5.41, 5.74) is 4.03. The molecular weight excluding hydrogens is 486 g/mol. The number of ketones is 1. The number of phenolic OH excluding ortho intramolecular Hbond substituents is 1. The molecule has 0 aromatic heterocycles. The number of carbonyl (C=O) groups is 2. The van der Waals surface area contributed by atoms with E-state index in [4.69, 9.17) is 9.47 Å². The molecule has 1 aliphatic heterocycles. The van der Waals surface area contributed by atoms with Crippen molar-refractivity contribution in [3.8, 4) is 11.5 Å². The molecule has 7 heteroatoms. The number of phenols is 1. The van der Waals surface area contributed by atoms with E-state index in [0.29, 0.717) is 45.7 Å². The van der Waals surface area contributed by atoms with Gasteiger partial charge in [-0.2, -0.15) is 0 Å². The average molecular weight is 512 g/mol. The number of hydrogen-bond donors (Lipinski definition) is 2. The highest BCUT2D eigenvalue weighted by Gasteiger charge is 2.39. The van der Waals surface area contributed by atoms with Crippen molar-refractivity contribution < 1.29 is 24.2 Å². The van der Waals surface area contributed by atoms with E-state index in [2.05, 4.69) is 21.2 Å². The molecule has 1 heterocycles. The van der Waals surface area contributed by atoms with E-state index in [9.17, 15) is 14.7 Å². The Hall–Kier alpha value is -3.06. The van der Waals surface area contributed by atoms with Crippen molar-refractivity contribution in [3.05, 3.63) is 80.6 Å². The van der Waals surface area contributed by atoms with Crippen LogP contribution in [0.15, 0.2) is 69.5 Å². The van der Waals surface area contributed by atoms with Gasteiger partial charge in [-0.25, -0.2) is 4.79 Å². The number of dihydropyridines is 1.